The van der Waals surface area contributed by atoms with Crippen LogP contribution in [0.3, 0.4) is 0 Å². The molecule has 2 aliphatic heterocycles. The maximum absolute atomic E-state index is 5.73. The Morgan fingerprint density at radius 3 is 1.40 bits per heavy atom. The monoisotopic (exact) mass is 576 g/mol. The Balaban J connectivity index is 0.000000168. The van der Waals surface area contributed by atoms with Gasteiger partial charge in [0.1, 0.15) is 11.5 Å². The molecule has 0 unspecified atom stereocenters. The van der Waals surface area contributed by atoms with Gasteiger partial charge in [-0.3, -0.25) is 0 Å². The summed E-state index contributed by atoms with van der Waals surface area (Å²) < 4.78 is 13.7. The second kappa shape index (κ2) is 12.7. The van der Waals surface area contributed by atoms with Crippen molar-refractivity contribution in [2.75, 3.05) is 97.6 Å². The summed E-state index contributed by atoms with van der Waals surface area (Å²) >= 11 is 0. The number of hydrogen-bond acceptors (Lipinski definition) is 12. The van der Waals surface area contributed by atoms with Crippen LogP contribution in [0.5, 0.6) is 11.5 Å². The quantitative estimate of drug-likeness (QED) is 0.343. The van der Waals surface area contributed by atoms with Crippen LogP contribution in [0.2, 0.25) is 0 Å². The molecule has 0 amide bonds. The number of benzene rings is 2. The third kappa shape index (κ3) is 6.53. The molecule has 2 aromatic heterocycles. The van der Waals surface area contributed by atoms with Gasteiger partial charge >= 0.3 is 0 Å². The Morgan fingerprint density at radius 2 is 1.02 bits per heavy atom. The van der Waals surface area contributed by atoms with E-state index in [0.717, 1.165) is 69.8 Å². The standard InChI is InChI=1S/2C14H20N6O/c1-18-13(15)16-14(17-18)20-9-7-19(8-10-20)11-3-5-12(21-2)6-4-11;1-18-14(16-13(15)17-18)20-9-7-19(8-10-20)11-3-5-12(21-2)6-4-11/h3-6H,7-10H2,1-2H3,(H2,15,16,17);3-6H,7-10H2,1-2H3,(H2,15,17). The fourth-order valence-electron chi connectivity index (χ4n) is 5.10. The van der Waals surface area contributed by atoms with Crippen LogP contribution in [0.15, 0.2) is 48.5 Å². The van der Waals surface area contributed by atoms with E-state index in [9.17, 15) is 0 Å². The molecule has 6 rings (SSSR count). The van der Waals surface area contributed by atoms with Gasteiger partial charge in [0.15, 0.2) is 0 Å². The van der Waals surface area contributed by atoms with E-state index in [1.54, 1.807) is 30.6 Å². The number of rotatable bonds is 6. The first-order valence-electron chi connectivity index (χ1n) is 14.0. The number of nitrogen functional groups attached to an aromatic ring is 2. The van der Waals surface area contributed by atoms with Crippen molar-refractivity contribution in [3.05, 3.63) is 48.5 Å². The zero-order chi connectivity index (χ0) is 29.6. The number of aryl methyl sites for hydroxylation is 2. The minimum absolute atomic E-state index is 0.324. The normalized spacial score (nSPS) is 15.3. The predicted molar refractivity (Wildman–Crippen MR) is 166 cm³/mol. The van der Waals surface area contributed by atoms with E-state index in [1.807, 2.05) is 31.3 Å². The summed E-state index contributed by atoms with van der Waals surface area (Å²) in [4.78, 5) is 17.6. The van der Waals surface area contributed by atoms with Crippen LogP contribution in [0.1, 0.15) is 0 Å². The topological polar surface area (TPSA) is 145 Å². The highest BCUT2D eigenvalue weighted by Crippen LogP contribution is 2.23. The van der Waals surface area contributed by atoms with Crippen LogP contribution in [0.25, 0.3) is 0 Å². The zero-order valence-electron chi connectivity index (χ0n) is 24.7. The molecule has 0 aliphatic carbocycles. The van der Waals surface area contributed by atoms with E-state index in [-0.39, 0.29) is 0 Å². The van der Waals surface area contributed by atoms with E-state index in [0.29, 0.717) is 17.8 Å². The third-order valence-electron chi connectivity index (χ3n) is 7.54. The summed E-state index contributed by atoms with van der Waals surface area (Å²) in [5.74, 6) is 4.08. The van der Waals surface area contributed by atoms with Crippen molar-refractivity contribution in [3.63, 3.8) is 0 Å². The fourth-order valence-corrected chi connectivity index (χ4v) is 5.10. The van der Waals surface area contributed by atoms with Crippen molar-refractivity contribution in [2.24, 2.45) is 14.1 Å². The lowest BCUT2D eigenvalue weighted by atomic mass is 10.2. The number of anilines is 6. The van der Waals surface area contributed by atoms with Crippen LogP contribution in [0.4, 0.5) is 35.2 Å². The van der Waals surface area contributed by atoms with Crippen LogP contribution >= 0.6 is 0 Å². The average Bonchev–Trinajstić information content (AvgIpc) is 3.56. The van der Waals surface area contributed by atoms with Crippen LogP contribution < -0.4 is 40.5 Å². The second-order valence-electron chi connectivity index (χ2n) is 10.1. The lowest BCUT2D eigenvalue weighted by Gasteiger charge is -2.36. The Morgan fingerprint density at radius 1 is 0.571 bits per heavy atom. The molecular formula is C28H40N12O2. The molecule has 2 aromatic carbocycles. The fraction of sp³-hybridized carbons (Fsp3) is 0.429. The summed E-state index contributed by atoms with van der Waals surface area (Å²) in [6, 6.07) is 16.3. The first-order chi connectivity index (χ1) is 20.3. The van der Waals surface area contributed by atoms with Gasteiger partial charge in [-0.05, 0) is 48.5 Å². The molecule has 14 nitrogen and oxygen atoms in total. The van der Waals surface area contributed by atoms with Crippen molar-refractivity contribution < 1.29 is 9.47 Å². The van der Waals surface area contributed by atoms with Gasteiger partial charge in [0.2, 0.25) is 23.8 Å². The molecule has 42 heavy (non-hydrogen) atoms. The summed E-state index contributed by atoms with van der Waals surface area (Å²) in [6.07, 6.45) is 0. The molecule has 2 fully saturated rings. The maximum Gasteiger partial charge on any atom is 0.246 e. The van der Waals surface area contributed by atoms with Gasteiger partial charge in [0, 0.05) is 77.8 Å². The highest BCUT2D eigenvalue weighted by Gasteiger charge is 2.22. The molecule has 0 atom stereocenters. The second-order valence-corrected chi connectivity index (χ2v) is 10.1. The molecule has 4 N–H and O–H groups in total. The van der Waals surface area contributed by atoms with Crippen LogP contribution in [-0.4, -0.2) is 96.1 Å². The van der Waals surface area contributed by atoms with E-state index < -0.39 is 0 Å². The molecular weight excluding hydrogens is 536 g/mol. The zero-order valence-corrected chi connectivity index (χ0v) is 24.7. The van der Waals surface area contributed by atoms with E-state index >= 15 is 0 Å². The van der Waals surface area contributed by atoms with Crippen molar-refractivity contribution in [2.45, 2.75) is 0 Å². The molecule has 0 radical (unpaired) electrons. The molecule has 224 valence electrons. The summed E-state index contributed by atoms with van der Waals surface area (Å²) in [5, 5.41) is 8.42. The predicted octanol–water partition coefficient (Wildman–Crippen LogP) is 1.47. The van der Waals surface area contributed by atoms with Gasteiger partial charge in [-0.2, -0.15) is 9.97 Å². The lowest BCUT2D eigenvalue weighted by Crippen LogP contribution is -2.47. The Labute approximate surface area is 246 Å². The average molecular weight is 577 g/mol. The third-order valence-corrected chi connectivity index (χ3v) is 7.54. The molecule has 2 aliphatic rings. The molecule has 0 bridgehead atoms. The van der Waals surface area contributed by atoms with Gasteiger partial charge in [0.25, 0.3) is 0 Å². The van der Waals surface area contributed by atoms with E-state index in [2.05, 4.69) is 64.0 Å². The smallest absolute Gasteiger partial charge is 0.246 e. The van der Waals surface area contributed by atoms with Gasteiger partial charge in [-0.25, -0.2) is 9.36 Å². The molecule has 0 saturated carbocycles. The first-order valence-corrected chi connectivity index (χ1v) is 14.0. The van der Waals surface area contributed by atoms with Crippen LogP contribution in [-0.2, 0) is 14.1 Å². The SMILES string of the molecule is COc1ccc(N2CCN(c3nc(N)n(C)n3)CC2)cc1.COc1ccc(N2CCN(c3nc(N)nn3C)CC2)cc1. The summed E-state index contributed by atoms with van der Waals surface area (Å²) in [5.41, 5.74) is 13.8. The van der Waals surface area contributed by atoms with Gasteiger partial charge in [-0.1, -0.05) is 0 Å². The number of hydrogen-bond donors (Lipinski definition) is 2. The molecule has 0 spiro atoms. The number of methoxy groups -OCH3 is 2. The lowest BCUT2D eigenvalue weighted by molar-refractivity contribution is 0.414. The highest BCUT2D eigenvalue weighted by molar-refractivity contribution is 5.52. The van der Waals surface area contributed by atoms with Crippen molar-refractivity contribution in [1.29, 1.82) is 0 Å². The molecule has 4 heterocycles. The van der Waals surface area contributed by atoms with Gasteiger partial charge in [-0.15, -0.1) is 10.2 Å². The van der Waals surface area contributed by atoms with Crippen LogP contribution in [0, 0.1) is 0 Å². The van der Waals surface area contributed by atoms with E-state index in [4.69, 9.17) is 20.9 Å². The Bertz CT molecular complexity index is 1400. The number of piperazine rings is 2. The van der Waals surface area contributed by atoms with Gasteiger partial charge in [0.05, 0.1) is 14.2 Å². The number of ether oxygens (including phenoxy) is 2. The van der Waals surface area contributed by atoms with Crippen molar-refractivity contribution >= 4 is 35.2 Å². The molecule has 14 heteroatoms. The number of aromatic nitrogens is 6. The molecule has 2 saturated heterocycles. The van der Waals surface area contributed by atoms with E-state index in [1.165, 1.54) is 11.4 Å². The maximum atomic E-state index is 5.73. The summed E-state index contributed by atoms with van der Waals surface area (Å²) in [6.45, 7) is 7.33. The number of nitrogens with zero attached hydrogens (tertiary/aromatic N) is 10. The highest BCUT2D eigenvalue weighted by atomic mass is 16.5. The number of nitrogens with two attached hydrogens (primary N) is 2. The molecule has 4 aromatic rings. The minimum Gasteiger partial charge on any atom is -0.497 e. The Kier molecular flexibility index (Phi) is 8.69. The van der Waals surface area contributed by atoms with Gasteiger partial charge < -0.3 is 40.5 Å². The minimum atomic E-state index is 0.324. The first kappa shape index (κ1) is 28.6. The summed E-state index contributed by atoms with van der Waals surface area (Å²) in [7, 11) is 7.04. The van der Waals surface area contributed by atoms with Crippen molar-refractivity contribution in [1.82, 2.24) is 29.5 Å². The largest absolute Gasteiger partial charge is 0.497 e. The Hall–Kier alpha value is -4.88. The van der Waals surface area contributed by atoms with Crippen molar-refractivity contribution in [3.8, 4) is 11.5 Å².